The number of anilines is 2. The summed E-state index contributed by atoms with van der Waals surface area (Å²) < 4.78 is 81.5. The van der Waals surface area contributed by atoms with E-state index in [0.717, 1.165) is 11.3 Å². The first kappa shape index (κ1) is 11.5. The summed E-state index contributed by atoms with van der Waals surface area (Å²) in [7, 11) is 0. The topological polar surface area (TPSA) is 88.2 Å². The van der Waals surface area contributed by atoms with Crippen molar-refractivity contribution < 1.29 is 23.6 Å². The summed E-state index contributed by atoms with van der Waals surface area (Å²) in [5.74, 6) is -0.445. The van der Waals surface area contributed by atoms with E-state index in [1.807, 2.05) is 0 Å². The van der Waals surface area contributed by atoms with Gasteiger partial charge in [0.25, 0.3) is 0 Å². The number of amides is 1. The molecule has 0 bridgehead atoms. The Morgan fingerprint density at radius 1 is 1.38 bits per heavy atom. The molecule has 0 aliphatic rings. The molecule has 2 aromatic carbocycles. The molecule has 0 fully saturated rings. The van der Waals surface area contributed by atoms with Crippen LogP contribution in [0.4, 0.5) is 10.8 Å². The summed E-state index contributed by atoms with van der Waals surface area (Å²) >= 11 is 0.955. The highest BCUT2D eigenvalue weighted by molar-refractivity contribution is 7.13. The second-order valence-electron chi connectivity index (χ2n) is 6.11. The van der Waals surface area contributed by atoms with Crippen LogP contribution in [-0.2, 0) is 17.6 Å². The summed E-state index contributed by atoms with van der Waals surface area (Å²) in [6, 6.07) is 3.28. The number of carbonyl (C=O) groups is 1. The number of aliphatic hydroxyl groups is 1. The Morgan fingerprint density at radius 2 is 2.17 bits per heavy atom. The Bertz CT molecular complexity index is 1360. The summed E-state index contributed by atoms with van der Waals surface area (Å²) in [5, 5.41) is 13.7. The second-order valence-corrected chi connectivity index (χ2v) is 6.93. The van der Waals surface area contributed by atoms with E-state index < -0.39 is 67.3 Å². The van der Waals surface area contributed by atoms with Gasteiger partial charge in [0, 0.05) is 16.5 Å². The summed E-state index contributed by atoms with van der Waals surface area (Å²) in [6.45, 7) is 1.31. The molecule has 29 heavy (non-hydrogen) atoms. The molecule has 6 heteroatoms. The van der Waals surface area contributed by atoms with E-state index in [9.17, 15) is 9.90 Å². The van der Waals surface area contributed by atoms with Crippen LogP contribution in [0.5, 0.6) is 0 Å². The molecule has 0 saturated heterocycles. The van der Waals surface area contributed by atoms with Gasteiger partial charge in [0.2, 0.25) is 5.91 Å². The largest absolute Gasteiger partial charge is 0.388 e. The number of thiazole rings is 1. The Kier molecular flexibility index (Phi) is 4.03. The lowest BCUT2D eigenvalue weighted by Gasteiger charge is -2.11. The van der Waals surface area contributed by atoms with E-state index in [1.165, 1.54) is 31.2 Å². The van der Waals surface area contributed by atoms with Crippen molar-refractivity contribution in [1.82, 2.24) is 4.98 Å². The van der Waals surface area contributed by atoms with Crippen molar-refractivity contribution in [2.75, 3.05) is 11.1 Å². The lowest BCUT2D eigenvalue weighted by atomic mass is 10.00. The number of hydrogen-bond acceptors (Lipinski definition) is 5. The minimum atomic E-state index is -3.15. The van der Waals surface area contributed by atoms with Gasteiger partial charge >= 0.3 is 0 Å². The molecule has 0 radical (unpaired) electrons. The Labute approximate surface area is 189 Å². The standard InChI is InChI=1S/C23H27N3O2S/c1-16-5-4-7-18(13-16)21(27)8-3-2-6-17-9-11-19(12-10-17)25-22(28)14-20-15-29-23(24)26-20/h4-5,7,9-13,15,21,27H,2-3,6,8,14H2,1H3,(H2,24,26)(H,25,28)/t21-/m0/s1/i4D,5D,6D2,7D,8D2,13D,15D,21D. The number of aryl methyl sites for hydroxylation is 1. The Morgan fingerprint density at radius 3 is 2.90 bits per heavy atom. The number of nitrogens with zero attached hydrogens (tertiary/aromatic N) is 1. The monoisotopic (exact) mass is 419 g/mol. The van der Waals surface area contributed by atoms with Crippen molar-refractivity contribution in [2.45, 2.75) is 45.0 Å². The number of rotatable bonds is 9. The van der Waals surface area contributed by atoms with Gasteiger partial charge in [-0.3, -0.25) is 4.79 Å². The zero-order valence-electron chi connectivity index (χ0n) is 25.7. The number of nitrogen functional groups attached to an aromatic ring is 1. The summed E-state index contributed by atoms with van der Waals surface area (Å²) in [6.07, 6.45) is -9.39. The first-order valence-electron chi connectivity index (χ1n) is 13.8. The molecule has 0 aliphatic carbocycles. The number of nitrogens with two attached hydrogens (primary N) is 1. The predicted molar refractivity (Wildman–Crippen MR) is 119 cm³/mol. The van der Waals surface area contributed by atoms with Gasteiger partial charge < -0.3 is 16.2 Å². The van der Waals surface area contributed by atoms with Gasteiger partial charge in [-0.25, -0.2) is 4.98 Å². The van der Waals surface area contributed by atoms with Gasteiger partial charge in [-0.05, 0) is 49.4 Å². The minimum absolute atomic E-state index is 0.0779. The van der Waals surface area contributed by atoms with Crippen LogP contribution in [0.2, 0.25) is 0 Å². The molecule has 4 N–H and O–H groups in total. The van der Waals surface area contributed by atoms with E-state index in [4.69, 9.17) is 19.4 Å². The maximum absolute atomic E-state index is 12.3. The molecule has 5 nitrogen and oxygen atoms in total. The maximum atomic E-state index is 12.3. The highest BCUT2D eigenvalue weighted by Crippen LogP contribution is 2.21. The first-order valence-corrected chi connectivity index (χ1v) is 9.62. The predicted octanol–water partition coefficient (Wildman–Crippen LogP) is 4.66. The number of aromatic nitrogens is 1. The van der Waals surface area contributed by atoms with E-state index in [2.05, 4.69) is 10.3 Å². The van der Waals surface area contributed by atoms with Crippen LogP contribution in [-0.4, -0.2) is 16.0 Å². The van der Waals surface area contributed by atoms with Crippen molar-refractivity contribution in [3.63, 3.8) is 0 Å². The fourth-order valence-electron chi connectivity index (χ4n) is 2.43. The van der Waals surface area contributed by atoms with Gasteiger partial charge in [-0.15, -0.1) is 11.3 Å². The maximum Gasteiger partial charge on any atom is 0.230 e. The molecule has 152 valence electrons. The Hall–Kier alpha value is -2.70. The van der Waals surface area contributed by atoms with Gasteiger partial charge in [-0.2, -0.15) is 0 Å². The van der Waals surface area contributed by atoms with Crippen LogP contribution >= 0.6 is 11.3 Å². The zero-order chi connectivity index (χ0) is 29.5. The third-order valence-corrected chi connectivity index (χ3v) is 4.39. The molecular weight excluding hydrogens is 382 g/mol. The van der Waals surface area contributed by atoms with Crippen LogP contribution in [0, 0.1) is 6.92 Å². The van der Waals surface area contributed by atoms with Crippen molar-refractivity contribution in [2.24, 2.45) is 0 Å². The molecule has 0 spiro atoms. The number of benzene rings is 2. The molecule has 1 heterocycles. The van der Waals surface area contributed by atoms with E-state index in [0.29, 0.717) is 5.69 Å². The van der Waals surface area contributed by atoms with Crippen LogP contribution in [0.25, 0.3) is 0 Å². The molecule has 0 saturated carbocycles. The van der Waals surface area contributed by atoms with E-state index in [-0.39, 0.29) is 33.7 Å². The Balaban J connectivity index is 1.73. The van der Waals surface area contributed by atoms with E-state index in [1.54, 1.807) is 0 Å². The van der Waals surface area contributed by atoms with Crippen LogP contribution in [0.3, 0.4) is 0 Å². The number of nitrogens with one attached hydrogen (secondary N) is 1. The fourth-order valence-corrected chi connectivity index (χ4v) is 2.92. The number of hydrogen-bond donors (Lipinski definition) is 3. The average molecular weight is 420 g/mol. The van der Waals surface area contributed by atoms with Gasteiger partial charge in [0.15, 0.2) is 5.13 Å². The molecule has 1 aromatic heterocycles. The van der Waals surface area contributed by atoms with Crippen molar-refractivity contribution in [3.05, 3.63) is 76.2 Å². The number of carbonyl (C=O) groups excluding carboxylic acids is 1. The molecule has 0 unspecified atom stereocenters. The normalized spacial score (nSPS) is 19.0. The molecule has 0 aliphatic heterocycles. The van der Waals surface area contributed by atoms with Gasteiger partial charge in [0.1, 0.15) is 0 Å². The molecule has 3 rings (SSSR count). The quantitative estimate of drug-likeness (QED) is 0.471. The fraction of sp³-hybridized carbons (Fsp3) is 0.304. The highest BCUT2D eigenvalue weighted by Gasteiger charge is 2.08. The molecule has 1 atom stereocenters. The smallest absolute Gasteiger partial charge is 0.230 e. The SMILES string of the molecule is [2H]c1sc(N)nc1CC(=O)Nc1ccc(C([2H])([2H])CCC([2H])([2H])[C@]([2H])(O)c2c([2H])c([2H])c([2H])c(C)c2[2H])cc1. The minimum Gasteiger partial charge on any atom is -0.388 e. The third kappa shape index (κ3) is 6.69. The lowest BCUT2D eigenvalue weighted by molar-refractivity contribution is -0.115. The van der Waals surface area contributed by atoms with Crippen LogP contribution < -0.4 is 11.1 Å². The van der Waals surface area contributed by atoms with Gasteiger partial charge in [0.05, 0.1) is 26.4 Å². The highest BCUT2D eigenvalue weighted by atomic mass is 32.1. The van der Waals surface area contributed by atoms with Gasteiger partial charge in [-0.1, -0.05) is 48.3 Å². The average Bonchev–Trinajstić information content (AvgIpc) is 3.16. The molecule has 3 aromatic rings. The molecular formula is C23H27N3O2S. The van der Waals surface area contributed by atoms with Crippen molar-refractivity contribution in [1.29, 1.82) is 0 Å². The second kappa shape index (κ2) is 10.2. The summed E-state index contributed by atoms with van der Waals surface area (Å²) in [5.41, 5.74) is 5.47. The van der Waals surface area contributed by atoms with Crippen LogP contribution in [0.1, 0.15) is 61.4 Å². The van der Waals surface area contributed by atoms with Crippen molar-refractivity contribution in [3.8, 4) is 0 Å². The van der Waals surface area contributed by atoms with E-state index >= 15 is 0 Å². The zero-order valence-corrected chi connectivity index (χ0v) is 16.5. The molecule has 1 amide bonds. The lowest BCUT2D eigenvalue weighted by Crippen LogP contribution is -2.14. The van der Waals surface area contributed by atoms with Crippen molar-refractivity contribution >= 4 is 28.1 Å². The third-order valence-electron chi connectivity index (χ3n) is 3.75. The summed E-state index contributed by atoms with van der Waals surface area (Å²) in [4.78, 5) is 16.2. The van der Waals surface area contributed by atoms with Crippen LogP contribution in [0.15, 0.2) is 53.8 Å². The first-order chi connectivity index (χ1) is 17.9.